The fourth-order valence-corrected chi connectivity index (χ4v) is 2.42. The van der Waals surface area contributed by atoms with Crippen LogP contribution in [-0.4, -0.2) is 34.9 Å². The van der Waals surface area contributed by atoms with Gasteiger partial charge in [-0.25, -0.2) is 30.8 Å². The van der Waals surface area contributed by atoms with E-state index in [0.29, 0.717) is 12.1 Å². The molecular weight excluding hydrogens is 316 g/mol. The van der Waals surface area contributed by atoms with Crippen molar-refractivity contribution in [2.24, 2.45) is 5.14 Å². The SMILES string of the molecule is CCS(=O)(=O)CCOc1c(F)cc(S(N)(=O)=O)cc1F. The van der Waals surface area contributed by atoms with Crippen LogP contribution in [0.15, 0.2) is 17.0 Å². The number of sulfonamides is 1. The Kier molecular flexibility index (Phi) is 5.05. The van der Waals surface area contributed by atoms with Crippen molar-refractivity contribution in [1.82, 2.24) is 0 Å². The van der Waals surface area contributed by atoms with Gasteiger partial charge >= 0.3 is 0 Å². The van der Waals surface area contributed by atoms with Gasteiger partial charge in [0.1, 0.15) is 6.61 Å². The Morgan fingerprint density at radius 1 is 1.15 bits per heavy atom. The van der Waals surface area contributed by atoms with Gasteiger partial charge in [0, 0.05) is 5.75 Å². The third kappa shape index (κ3) is 4.39. The van der Waals surface area contributed by atoms with E-state index >= 15 is 0 Å². The summed E-state index contributed by atoms with van der Waals surface area (Å²) in [6, 6.07) is 1.00. The van der Waals surface area contributed by atoms with E-state index in [-0.39, 0.29) is 5.75 Å². The number of ether oxygens (including phenoxy) is 1. The van der Waals surface area contributed by atoms with Crippen LogP contribution in [0.4, 0.5) is 8.78 Å². The largest absolute Gasteiger partial charge is 0.487 e. The third-order valence-corrected chi connectivity index (χ3v) is 4.94. The van der Waals surface area contributed by atoms with E-state index in [9.17, 15) is 25.6 Å². The van der Waals surface area contributed by atoms with Gasteiger partial charge in [-0.2, -0.15) is 0 Å². The van der Waals surface area contributed by atoms with E-state index in [1.165, 1.54) is 6.92 Å². The minimum atomic E-state index is -4.24. The highest BCUT2D eigenvalue weighted by Crippen LogP contribution is 2.25. The molecule has 1 aromatic carbocycles. The standard InChI is InChI=1S/C10H13F2NO5S2/c1-2-19(14,15)4-3-18-10-8(11)5-7(6-9(10)12)20(13,16)17/h5-6H,2-4H2,1H3,(H2,13,16,17). The molecule has 1 aromatic rings. The second kappa shape index (κ2) is 6.02. The molecule has 0 heterocycles. The van der Waals surface area contributed by atoms with Crippen molar-refractivity contribution >= 4 is 19.9 Å². The maximum absolute atomic E-state index is 13.5. The van der Waals surface area contributed by atoms with Crippen molar-refractivity contribution in [2.45, 2.75) is 11.8 Å². The Hall–Kier alpha value is -1.26. The van der Waals surface area contributed by atoms with Crippen LogP contribution in [0.5, 0.6) is 5.75 Å². The maximum Gasteiger partial charge on any atom is 0.238 e. The average Bonchev–Trinajstić information content (AvgIpc) is 2.31. The van der Waals surface area contributed by atoms with Crippen LogP contribution in [0.2, 0.25) is 0 Å². The van der Waals surface area contributed by atoms with Crippen molar-refractivity contribution in [2.75, 3.05) is 18.1 Å². The minimum absolute atomic E-state index is 0.119. The highest BCUT2D eigenvalue weighted by Gasteiger charge is 2.18. The maximum atomic E-state index is 13.5. The Labute approximate surface area is 115 Å². The van der Waals surface area contributed by atoms with Crippen molar-refractivity contribution in [1.29, 1.82) is 0 Å². The van der Waals surface area contributed by atoms with Gasteiger partial charge in [0.05, 0.1) is 10.6 Å². The third-order valence-electron chi connectivity index (χ3n) is 2.38. The van der Waals surface area contributed by atoms with Gasteiger partial charge in [-0.05, 0) is 12.1 Å². The first kappa shape index (κ1) is 16.8. The van der Waals surface area contributed by atoms with Crippen molar-refractivity contribution in [3.63, 3.8) is 0 Å². The minimum Gasteiger partial charge on any atom is -0.487 e. The lowest BCUT2D eigenvalue weighted by molar-refractivity contribution is 0.302. The zero-order valence-corrected chi connectivity index (χ0v) is 12.1. The second-order valence-electron chi connectivity index (χ2n) is 3.85. The average molecular weight is 329 g/mol. The lowest BCUT2D eigenvalue weighted by Crippen LogP contribution is -2.17. The first-order chi connectivity index (χ1) is 9.07. The Balaban J connectivity index is 2.93. The molecule has 0 radical (unpaired) electrons. The van der Waals surface area contributed by atoms with Crippen molar-refractivity contribution in [3.8, 4) is 5.75 Å². The number of sulfone groups is 1. The lowest BCUT2D eigenvalue weighted by atomic mass is 10.3. The number of hydrogen-bond donors (Lipinski definition) is 1. The summed E-state index contributed by atoms with van der Waals surface area (Å²) < 4.78 is 76.0. The Morgan fingerprint density at radius 3 is 2.05 bits per heavy atom. The first-order valence-electron chi connectivity index (χ1n) is 5.42. The molecule has 0 aliphatic rings. The van der Waals surface area contributed by atoms with E-state index in [1.807, 2.05) is 0 Å². The molecule has 0 amide bonds. The van der Waals surface area contributed by atoms with Crippen molar-refractivity contribution in [3.05, 3.63) is 23.8 Å². The molecule has 2 N–H and O–H groups in total. The van der Waals surface area contributed by atoms with Crippen molar-refractivity contribution < 1.29 is 30.4 Å². The van der Waals surface area contributed by atoms with Crippen LogP contribution >= 0.6 is 0 Å². The molecule has 0 bridgehead atoms. The zero-order valence-electron chi connectivity index (χ0n) is 10.5. The predicted molar refractivity (Wildman–Crippen MR) is 67.6 cm³/mol. The lowest BCUT2D eigenvalue weighted by Gasteiger charge is -2.09. The van der Waals surface area contributed by atoms with Crippen LogP contribution in [-0.2, 0) is 19.9 Å². The topological polar surface area (TPSA) is 104 Å². The molecule has 0 aliphatic heterocycles. The Bertz CT molecular complexity index is 677. The number of nitrogens with two attached hydrogens (primary N) is 1. The number of benzene rings is 1. The van der Waals surface area contributed by atoms with Crippen LogP contribution in [0.3, 0.4) is 0 Å². The summed E-state index contributed by atoms with van der Waals surface area (Å²) in [7, 11) is -7.58. The van der Waals surface area contributed by atoms with Gasteiger partial charge in [0.15, 0.2) is 27.2 Å². The first-order valence-corrected chi connectivity index (χ1v) is 8.78. The summed E-state index contributed by atoms with van der Waals surface area (Å²) in [5.74, 6) is -3.92. The fraction of sp³-hybridized carbons (Fsp3) is 0.400. The Morgan fingerprint density at radius 2 is 1.65 bits per heavy atom. The molecule has 0 fully saturated rings. The van der Waals surface area contributed by atoms with Gasteiger partial charge in [0.25, 0.3) is 0 Å². The van der Waals surface area contributed by atoms with Gasteiger partial charge < -0.3 is 4.74 Å². The predicted octanol–water partition coefficient (Wildman–Crippen LogP) is 0.426. The van der Waals surface area contributed by atoms with Crippen LogP contribution in [0.25, 0.3) is 0 Å². The van der Waals surface area contributed by atoms with Gasteiger partial charge in [-0.3, -0.25) is 0 Å². The summed E-state index contributed by atoms with van der Waals surface area (Å²) in [5.41, 5.74) is 0. The molecule has 0 aliphatic carbocycles. The molecule has 0 saturated carbocycles. The molecule has 0 atom stereocenters. The van der Waals surface area contributed by atoms with Crippen LogP contribution < -0.4 is 9.88 Å². The molecule has 0 unspecified atom stereocenters. The fourth-order valence-electron chi connectivity index (χ4n) is 1.25. The number of rotatable bonds is 6. The monoisotopic (exact) mass is 329 g/mol. The van der Waals surface area contributed by atoms with Crippen LogP contribution in [0.1, 0.15) is 6.92 Å². The van der Waals surface area contributed by atoms with E-state index < -0.39 is 54.5 Å². The highest BCUT2D eigenvalue weighted by atomic mass is 32.2. The highest BCUT2D eigenvalue weighted by molar-refractivity contribution is 7.91. The normalized spacial score (nSPS) is 12.4. The smallest absolute Gasteiger partial charge is 0.238 e. The van der Waals surface area contributed by atoms with E-state index in [4.69, 9.17) is 9.88 Å². The molecular formula is C10H13F2NO5S2. The molecule has 1 rings (SSSR count). The quantitative estimate of drug-likeness (QED) is 0.815. The van der Waals surface area contributed by atoms with Gasteiger partial charge in [-0.1, -0.05) is 6.92 Å². The molecule has 0 saturated heterocycles. The number of primary sulfonamides is 1. The molecule has 114 valence electrons. The summed E-state index contributed by atoms with van der Waals surface area (Å²) >= 11 is 0. The van der Waals surface area contributed by atoms with Gasteiger partial charge in [0.2, 0.25) is 10.0 Å². The van der Waals surface area contributed by atoms with E-state index in [0.717, 1.165) is 0 Å². The summed E-state index contributed by atoms with van der Waals surface area (Å²) in [6.45, 7) is 0.982. The molecule has 0 spiro atoms. The molecule has 20 heavy (non-hydrogen) atoms. The summed E-state index contributed by atoms with van der Waals surface area (Å²) in [5, 5.41) is 4.74. The van der Waals surface area contributed by atoms with Gasteiger partial charge in [-0.15, -0.1) is 0 Å². The van der Waals surface area contributed by atoms with E-state index in [1.54, 1.807) is 0 Å². The van der Waals surface area contributed by atoms with E-state index in [2.05, 4.69) is 0 Å². The second-order valence-corrected chi connectivity index (χ2v) is 7.88. The zero-order chi connectivity index (χ0) is 15.6. The summed E-state index contributed by atoms with van der Waals surface area (Å²) in [6.07, 6.45) is 0. The van der Waals surface area contributed by atoms with Crippen LogP contribution in [0, 0.1) is 11.6 Å². The number of hydrogen-bond acceptors (Lipinski definition) is 5. The molecule has 10 heteroatoms. The molecule has 0 aromatic heterocycles. The summed E-state index contributed by atoms with van der Waals surface area (Å²) in [4.78, 5) is -0.735. The molecule has 6 nitrogen and oxygen atoms in total. The number of halogens is 2.